The Labute approximate surface area is 101 Å². The van der Waals surface area contributed by atoms with Gasteiger partial charge in [-0.3, -0.25) is 4.68 Å². The number of ether oxygens (including phenoxy) is 1. The van der Waals surface area contributed by atoms with Gasteiger partial charge in [-0.15, -0.1) is 0 Å². The van der Waals surface area contributed by atoms with Crippen molar-refractivity contribution >= 4 is 11.9 Å². The van der Waals surface area contributed by atoms with Crippen molar-refractivity contribution in [2.45, 2.75) is 19.1 Å². The number of aromatic nitrogens is 2. The SMILES string of the molecule is O=CCn1cc(C2=CCOCC2)c(C(F)(F)F)n1. The monoisotopic (exact) mass is 260 g/mol. The topological polar surface area (TPSA) is 44.1 Å². The van der Waals surface area contributed by atoms with Crippen LogP contribution in [0.25, 0.3) is 5.57 Å². The Morgan fingerprint density at radius 3 is 2.83 bits per heavy atom. The van der Waals surface area contributed by atoms with Gasteiger partial charge in [-0.2, -0.15) is 18.3 Å². The molecule has 0 amide bonds. The van der Waals surface area contributed by atoms with Gasteiger partial charge in [-0.05, 0) is 12.0 Å². The summed E-state index contributed by atoms with van der Waals surface area (Å²) in [6.45, 7) is 0.500. The van der Waals surface area contributed by atoms with Crippen molar-refractivity contribution in [1.82, 2.24) is 9.78 Å². The molecule has 0 aliphatic carbocycles. The summed E-state index contributed by atoms with van der Waals surface area (Å²) >= 11 is 0. The molecular weight excluding hydrogens is 249 g/mol. The molecule has 1 aromatic heterocycles. The average Bonchev–Trinajstić information content (AvgIpc) is 2.75. The van der Waals surface area contributed by atoms with Gasteiger partial charge < -0.3 is 9.53 Å². The lowest BCUT2D eigenvalue weighted by Gasteiger charge is -2.14. The van der Waals surface area contributed by atoms with Gasteiger partial charge in [-0.25, -0.2) is 0 Å². The van der Waals surface area contributed by atoms with Crippen molar-refractivity contribution in [3.8, 4) is 0 Å². The maximum absolute atomic E-state index is 12.8. The maximum Gasteiger partial charge on any atom is 0.435 e. The molecule has 18 heavy (non-hydrogen) atoms. The van der Waals surface area contributed by atoms with Crippen LogP contribution in [0.15, 0.2) is 12.3 Å². The summed E-state index contributed by atoms with van der Waals surface area (Å²) in [5.41, 5.74) is -0.351. The molecule has 1 aliphatic rings. The van der Waals surface area contributed by atoms with E-state index in [1.165, 1.54) is 6.20 Å². The standard InChI is InChI=1S/C11H11F3N2O2/c12-11(13,14)10-9(7-16(15-10)3-4-17)8-1-5-18-6-2-8/h1,4,7H,2-3,5-6H2. The van der Waals surface area contributed by atoms with Crippen molar-refractivity contribution in [2.75, 3.05) is 13.2 Å². The summed E-state index contributed by atoms with van der Waals surface area (Å²) < 4.78 is 44.6. The first-order chi connectivity index (χ1) is 8.52. The van der Waals surface area contributed by atoms with Gasteiger partial charge in [0, 0.05) is 11.8 Å². The Morgan fingerprint density at radius 1 is 1.50 bits per heavy atom. The summed E-state index contributed by atoms with van der Waals surface area (Å²) in [4.78, 5) is 10.3. The molecule has 2 heterocycles. The molecular formula is C11H11F3N2O2. The van der Waals surface area contributed by atoms with Crippen LogP contribution in [0.3, 0.4) is 0 Å². The molecule has 2 rings (SSSR count). The fraction of sp³-hybridized carbons (Fsp3) is 0.455. The van der Waals surface area contributed by atoms with Crippen LogP contribution < -0.4 is 0 Å². The average molecular weight is 260 g/mol. The van der Waals surface area contributed by atoms with Crippen molar-refractivity contribution in [2.24, 2.45) is 0 Å². The highest BCUT2D eigenvalue weighted by Crippen LogP contribution is 2.35. The number of halogens is 3. The molecule has 0 radical (unpaired) electrons. The third kappa shape index (κ3) is 2.61. The van der Waals surface area contributed by atoms with Gasteiger partial charge in [0.2, 0.25) is 0 Å². The summed E-state index contributed by atoms with van der Waals surface area (Å²) in [7, 11) is 0. The second kappa shape index (κ2) is 4.93. The van der Waals surface area contributed by atoms with Gasteiger partial charge >= 0.3 is 6.18 Å². The molecule has 0 unspecified atom stereocenters. The van der Waals surface area contributed by atoms with E-state index >= 15 is 0 Å². The van der Waals surface area contributed by atoms with Crippen LogP contribution in [0.1, 0.15) is 17.7 Å². The molecule has 1 aromatic rings. The molecule has 1 aliphatic heterocycles. The molecule has 0 bridgehead atoms. The van der Waals surface area contributed by atoms with E-state index in [4.69, 9.17) is 4.74 Å². The molecule has 0 N–H and O–H groups in total. The van der Waals surface area contributed by atoms with E-state index in [1.54, 1.807) is 6.08 Å². The normalized spacial score (nSPS) is 16.5. The molecule has 4 nitrogen and oxygen atoms in total. The first-order valence-corrected chi connectivity index (χ1v) is 5.38. The van der Waals surface area contributed by atoms with Crippen molar-refractivity contribution in [3.05, 3.63) is 23.5 Å². The van der Waals surface area contributed by atoms with Crippen LogP contribution in [0.5, 0.6) is 0 Å². The van der Waals surface area contributed by atoms with Gasteiger partial charge in [0.25, 0.3) is 0 Å². The van der Waals surface area contributed by atoms with E-state index in [0.717, 1.165) is 4.68 Å². The van der Waals surface area contributed by atoms with E-state index in [0.29, 0.717) is 31.5 Å². The summed E-state index contributed by atoms with van der Waals surface area (Å²) in [6.07, 6.45) is -0.733. The molecule has 0 aromatic carbocycles. The first kappa shape index (κ1) is 12.8. The van der Waals surface area contributed by atoms with Crippen molar-refractivity contribution in [1.29, 1.82) is 0 Å². The van der Waals surface area contributed by atoms with Crippen LogP contribution in [-0.2, 0) is 22.3 Å². The largest absolute Gasteiger partial charge is 0.435 e. The van der Waals surface area contributed by atoms with E-state index in [2.05, 4.69) is 5.10 Å². The van der Waals surface area contributed by atoms with E-state index in [1.807, 2.05) is 0 Å². The van der Waals surface area contributed by atoms with Gasteiger partial charge in [-0.1, -0.05) is 6.08 Å². The number of carbonyl (C=O) groups excluding carboxylic acids is 1. The lowest BCUT2D eigenvalue weighted by atomic mass is 10.0. The van der Waals surface area contributed by atoms with Gasteiger partial charge in [0.1, 0.15) is 6.29 Å². The van der Waals surface area contributed by atoms with Crippen LogP contribution in [0.4, 0.5) is 13.2 Å². The fourth-order valence-electron chi connectivity index (χ4n) is 1.81. The molecule has 0 atom stereocenters. The number of rotatable bonds is 3. The highest BCUT2D eigenvalue weighted by molar-refractivity contribution is 5.68. The summed E-state index contributed by atoms with van der Waals surface area (Å²) in [5.74, 6) is 0. The Morgan fingerprint density at radius 2 is 2.28 bits per heavy atom. The zero-order valence-corrected chi connectivity index (χ0v) is 9.41. The third-order valence-electron chi connectivity index (χ3n) is 2.60. The number of aldehydes is 1. The Balaban J connectivity index is 2.43. The summed E-state index contributed by atoms with van der Waals surface area (Å²) in [5, 5.41) is 3.43. The van der Waals surface area contributed by atoms with Crippen molar-refractivity contribution < 1.29 is 22.7 Å². The number of nitrogens with zero attached hydrogens (tertiary/aromatic N) is 2. The van der Waals surface area contributed by atoms with Crippen LogP contribution in [0, 0.1) is 0 Å². The lowest BCUT2D eigenvalue weighted by molar-refractivity contribution is -0.141. The predicted octanol–water partition coefficient (Wildman–Crippen LogP) is 1.90. The molecule has 0 spiro atoms. The minimum atomic E-state index is -4.53. The Hall–Kier alpha value is -1.63. The second-order valence-electron chi connectivity index (χ2n) is 3.83. The highest BCUT2D eigenvalue weighted by atomic mass is 19.4. The zero-order chi connectivity index (χ0) is 13.2. The van der Waals surface area contributed by atoms with E-state index in [-0.39, 0.29) is 12.1 Å². The summed E-state index contributed by atoms with van der Waals surface area (Å²) in [6, 6.07) is 0. The minimum absolute atomic E-state index is 0.0349. The number of hydrogen-bond donors (Lipinski definition) is 0. The quantitative estimate of drug-likeness (QED) is 0.780. The zero-order valence-electron chi connectivity index (χ0n) is 9.41. The maximum atomic E-state index is 12.8. The number of carbonyl (C=O) groups is 1. The lowest BCUT2D eigenvalue weighted by Crippen LogP contribution is -2.11. The second-order valence-corrected chi connectivity index (χ2v) is 3.83. The molecule has 0 saturated heterocycles. The molecule has 7 heteroatoms. The van der Waals surface area contributed by atoms with Crippen LogP contribution in [0.2, 0.25) is 0 Å². The molecule has 0 fully saturated rings. The molecule has 0 saturated carbocycles. The Kier molecular flexibility index (Phi) is 3.51. The Bertz CT molecular complexity index is 477. The smallest absolute Gasteiger partial charge is 0.377 e. The number of hydrogen-bond acceptors (Lipinski definition) is 3. The van der Waals surface area contributed by atoms with Crippen LogP contribution in [-0.4, -0.2) is 29.3 Å². The third-order valence-corrected chi connectivity index (χ3v) is 2.60. The van der Waals surface area contributed by atoms with Crippen LogP contribution >= 0.6 is 0 Å². The number of alkyl halides is 3. The van der Waals surface area contributed by atoms with Gasteiger partial charge in [0.15, 0.2) is 5.69 Å². The van der Waals surface area contributed by atoms with Crippen molar-refractivity contribution in [3.63, 3.8) is 0 Å². The minimum Gasteiger partial charge on any atom is -0.377 e. The predicted molar refractivity (Wildman–Crippen MR) is 56.7 cm³/mol. The molecule has 98 valence electrons. The van der Waals surface area contributed by atoms with E-state index < -0.39 is 11.9 Å². The highest BCUT2D eigenvalue weighted by Gasteiger charge is 2.38. The van der Waals surface area contributed by atoms with E-state index in [9.17, 15) is 18.0 Å². The fourth-order valence-corrected chi connectivity index (χ4v) is 1.81. The van der Waals surface area contributed by atoms with Gasteiger partial charge in [0.05, 0.1) is 19.8 Å². The first-order valence-electron chi connectivity index (χ1n) is 5.38.